The van der Waals surface area contributed by atoms with Gasteiger partial charge in [-0.2, -0.15) is 0 Å². The lowest BCUT2D eigenvalue weighted by Crippen LogP contribution is -2.30. The average Bonchev–Trinajstić information content (AvgIpc) is 2.71. The van der Waals surface area contributed by atoms with Crippen LogP contribution in [0.2, 0.25) is 0 Å². The van der Waals surface area contributed by atoms with Crippen molar-refractivity contribution in [1.29, 1.82) is 0 Å². The maximum atomic E-state index is 5.65. The Morgan fingerprint density at radius 3 is 2.88 bits per heavy atom. The van der Waals surface area contributed by atoms with Gasteiger partial charge >= 0.3 is 0 Å². The second kappa shape index (κ2) is 4.57. The van der Waals surface area contributed by atoms with Gasteiger partial charge in [0.15, 0.2) is 0 Å². The first kappa shape index (κ1) is 11.0. The van der Waals surface area contributed by atoms with Gasteiger partial charge < -0.3 is 21.5 Å². The number of anilines is 3. The molecule has 0 saturated heterocycles. The van der Waals surface area contributed by atoms with E-state index in [9.17, 15) is 0 Å². The molecular formula is C11H18N4O. The predicted octanol–water partition coefficient (Wildman–Crippen LogP) is 1.23. The first-order valence-electron chi connectivity index (χ1n) is 5.52. The molecule has 1 saturated carbocycles. The van der Waals surface area contributed by atoms with E-state index in [1.165, 1.54) is 6.42 Å². The molecule has 16 heavy (non-hydrogen) atoms. The summed E-state index contributed by atoms with van der Waals surface area (Å²) in [5, 5.41) is 3.34. The van der Waals surface area contributed by atoms with Crippen molar-refractivity contribution in [3.8, 4) is 0 Å². The third-order valence-electron chi connectivity index (χ3n) is 3.05. The summed E-state index contributed by atoms with van der Waals surface area (Å²) in [6.07, 6.45) is 3.64. The van der Waals surface area contributed by atoms with Crippen molar-refractivity contribution in [3.63, 3.8) is 0 Å². The van der Waals surface area contributed by atoms with E-state index in [2.05, 4.69) is 10.3 Å². The third-order valence-corrected chi connectivity index (χ3v) is 3.05. The van der Waals surface area contributed by atoms with Gasteiger partial charge in [0.2, 0.25) is 0 Å². The van der Waals surface area contributed by atoms with Crippen LogP contribution in [0.15, 0.2) is 12.1 Å². The van der Waals surface area contributed by atoms with Crippen LogP contribution >= 0.6 is 0 Å². The van der Waals surface area contributed by atoms with E-state index in [0.29, 0.717) is 17.5 Å². The van der Waals surface area contributed by atoms with E-state index in [4.69, 9.17) is 16.2 Å². The zero-order valence-corrected chi connectivity index (χ0v) is 9.44. The Kier molecular flexibility index (Phi) is 3.14. The average molecular weight is 222 g/mol. The molecule has 88 valence electrons. The van der Waals surface area contributed by atoms with Crippen LogP contribution in [0.1, 0.15) is 19.3 Å². The van der Waals surface area contributed by atoms with Gasteiger partial charge in [-0.3, -0.25) is 0 Å². The topological polar surface area (TPSA) is 86.2 Å². The summed E-state index contributed by atoms with van der Waals surface area (Å²) in [5.41, 5.74) is 11.8. The molecule has 0 amide bonds. The number of nitrogen functional groups attached to an aromatic ring is 2. The number of pyridine rings is 1. The molecule has 1 fully saturated rings. The predicted molar refractivity (Wildman–Crippen MR) is 65.1 cm³/mol. The molecule has 1 aromatic heterocycles. The van der Waals surface area contributed by atoms with E-state index < -0.39 is 0 Å². The fraction of sp³-hybridized carbons (Fsp3) is 0.545. The summed E-state index contributed by atoms with van der Waals surface area (Å²) < 4.78 is 5.40. The number of hydrogen-bond acceptors (Lipinski definition) is 5. The summed E-state index contributed by atoms with van der Waals surface area (Å²) in [6.45, 7) is 0. The second-order valence-corrected chi connectivity index (χ2v) is 4.13. The lowest BCUT2D eigenvalue weighted by atomic mass is 10.2. The van der Waals surface area contributed by atoms with Crippen molar-refractivity contribution in [1.82, 2.24) is 4.98 Å². The highest BCUT2D eigenvalue weighted by Crippen LogP contribution is 2.25. The number of rotatable bonds is 3. The summed E-state index contributed by atoms with van der Waals surface area (Å²) in [6, 6.07) is 3.93. The van der Waals surface area contributed by atoms with Crippen LogP contribution in [0.4, 0.5) is 17.3 Å². The highest BCUT2D eigenvalue weighted by Gasteiger charge is 2.27. The van der Waals surface area contributed by atoms with E-state index in [1.807, 2.05) is 6.07 Å². The third kappa shape index (κ3) is 2.19. The van der Waals surface area contributed by atoms with Crippen LogP contribution in [0.5, 0.6) is 0 Å². The number of hydrogen-bond donors (Lipinski definition) is 3. The summed E-state index contributed by atoms with van der Waals surface area (Å²) >= 11 is 0. The van der Waals surface area contributed by atoms with Gasteiger partial charge in [0.25, 0.3) is 0 Å². The Balaban J connectivity index is 2.05. The Bertz CT molecular complexity index is 369. The molecule has 0 aliphatic heterocycles. The van der Waals surface area contributed by atoms with E-state index in [1.54, 1.807) is 13.2 Å². The highest BCUT2D eigenvalue weighted by atomic mass is 16.5. The molecular weight excluding hydrogens is 204 g/mol. The molecule has 0 bridgehead atoms. The molecule has 1 aliphatic rings. The molecule has 1 heterocycles. The summed E-state index contributed by atoms with van der Waals surface area (Å²) in [5.74, 6) is 1.14. The van der Waals surface area contributed by atoms with Crippen molar-refractivity contribution in [2.75, 3.05) is 23.9 Å². The van der Waals surface area contributed by atoms with Gasteiger partial charge in [0.05, 0.1) is 17.8 Å². The fourth-order valence-electron chi connectivity index (χ4n) is 2.13. The van der Waals surface area contributed by atoms with Gasteiger partial charge in [-0.15, -0.1) is 0 Å². The molecule has 2 unspecified atom stereocenters. The van der Waals surface area contributed by atoms with Crippen molar-refractivity contribution in [3.05, 3.63) is 12.1 Å². The molecule has 0 spiro atoms. The smallest absolute Gasteiger partial charge is 0.149 e. The quantitative estimate of drug-likeness (QED) is 0.716. The first-order chi connectivity index (χ1) is 7.70. The lowest BCUT2D eigenvalue weighted by Gasteiger charge is -2.20. The van der Waals surface area contributed by atoms with Crippen LogP contribution in [0, 0.1) is 0 Å². The number of methoxy groups -OCH3 is 1. The normalized spacial score (nSPS) is 24.6. The van der Waals surface area contributed by atoms with E-state index in [0.717, 1.165) is 18.7 Å². The molecule has 2 rings (SSSR count). The number of nitrogens with zero attached hydrogens (tertiary/aromatic N) is 1. The minimum atomic E-state index is 0.264. The van der Waals surface area contributed by atoms with Gasteiger partial charge in [0.1, 0.15) is 11.6 Å². The first-order valence-corrected chi connectivity index (χ1v) is 5.52. The second-order valence-electron chi connectivity index (χ2n) is 4.13. The van der Waals surface area contributed by atoms with Crippen molar-refractivity contribution >= 4 is 17.3 Å². The SMILES string of the molecule is COC1CCCC1Nc1ccc(N)c(N)n1. The maximum absolute atomic E-state index is 5.65. The molecule has 0 aromatic carbocycles. The standard InChI is InChI=1S/C11H18N4O/c1-16-9-4-2-3-8(9)14-10-6-5-7(12)11(13)15-10/h5-6,8-9H,2-4,12H2,1H3,(H3,13,14,15). The monoisotopic (exact) mass is 222 g/mol. The maximum Gasteiger partial charge on any atom is 0.149 e. The van der Waals surface area contributed by atoms with Crippen LogP contribution < -0.4 is 16.8 Å². The minimum Gasteiger partial charge on any atom is -0.396 e. The van der Waals surface area contributed by atoms with E-state index >= 15 is 0 Å². The van der Waals surface area contributed by atoms with Crippen molar-refractivity contribution in [2.24, 2.45) is 0 Å². The van der Waals surface area contributed by atoms with Gasteiger partial charge in [-0.05, 0) is 31.4 Å². The Hall–Kier alpha value is -1.49. The number of ether oxygens (including phenoxy) is 1. The zero-order chi connectivity index (χ0) is 11.5. The molecule has 1 aromatic rings. The Morgan fingerprint density at radius 2 is 2.19 bits per heavy atom. The van der Waals surface area contributed by atoms with Crippen LogP contribution in [-0.2, 0) is 4.74 Å². The molecule has 2 atom stereocenters. The van der Waals surface area contributed by atoms with Crippen LogP contribution in [-0.4, -0.2) is 24.2 Å². The summed E-state index contributed by atoms with van der Waals surface area (Å²) in [4.78, 5) is 4.19. The Morgan fingerprint density at radius 1 is 1.38 bits per heavy atom. The largest absolute Gasteiger partial charge is 0.396 e. The highest BCUT2D eigenvalue weighted by molar-refractivity contribution is 5.61. The van der Waals surface area contributed by atoms with Gasteiger partial charge in [-0.25, -0.2) is 4.98 Å². The van der Waals surface area contributed by atoms with E-state index in [-0.39, 0.29) is 6.10 Å². The van der Waals surface area contributed by atoms with Crippen LogP contribution in [0.25, 0.3) is 0 Å². The number of nitrogens with one attached hydrogen (secondary N) is 1. The zero-order valence-electron chi connectivity index (χ0n) is 9.44. The Labute approximate surface area is 95.2 Å². The van der Waals surface area contributed by atoms with Crippen LogP contribution in [0.3, 0.4) is 0 Å². The molecule has 0 radical (unpaired) electrons. The lowest BCUT2D eigenvalue weighted by molar-refractivity contribution is 0.101. The fourth-order valence-corrected chi connectivity index (χ4v) is 2.13. The van der Waals surface area contributed by atoms with Crippen molar-refractivity contribution < 1.29 is 4.74 Å². The number of nitrogens with two attached hydrogens (primary N) is 2. The van der Waals surface area contributed by atoms with Gasteiger partial charge in [-0.1, -0.05) is 0 Å². The summed E-state index contributed by atoms with van der Waals surface area (Å²) in [7, 11) is 1.75. The minimum absolute atomic E-state index is 0.264. The molecule has 5 nitrogen and oxygen atoms in total. The van der Waals surface area contributed by atoms with Crippen molar-refractivity contribution in [2.45, 2.75) is 31.4 Å². The molecule has 5 heteroatoms. The molecule has 5 N–H and O–H groups in total. The molecule has 1 aliphatic carbocycles. The number of aromatic nitrogens is 1. The van der Waals surface area contributed by atoms with Gasteiger partial charge in [0, 0.05) is 7.11 Å².